The topological polar surface area (TPSA) is 55.8 Å². The summed E-state index contributed by atoms with van der Waals surface area (Å²) < 4.78 is 10.7. The number of aliphatic hydroxyl groups is 1. The zero-order chi connectivity index (χ0) is 14.4. The van der Waals surface area contributed by atoms with Crippen LogP contribution >= 0.6 is 0 Å². The molecule has 3 atom stereocenters. The van der Waals surface area contributed by atoms with E-state index in [4.69, 9.17) is 9.47 Å². The molecule has 1 aliphatic rings. The van der Waals surface area contributed by atoms with Crippen molar-refractivity contribution in [2.75, 3.05) is 6.61 Å². The largest absolute Gasteiger partial charge is 0.459 e. The molecule has 1 heterocycles. The van der Waals surface area contributed by atoms with E-state index < -0.39 is 12.2 Å². The first kappa shape index (κ1) is 15.0. The van der Waals surface area contributed by atoms with Crippen molar-refractivity contribution in [1.29, 1.82) is 0 Å². The van der Waals surface area contributed by atoms with Crippen molar-refractivity contribution in [2.45, 2.75) is 45.0 Å². The summed E-state index contributed by atoms with van der Waals surface area (Å²) in [5.41, 5.74) is 1.06. The molecule has 4 nitrogen and oxygen atoms in total. The van der Waals surface area contributed by atoms with Crippen LogP contribution in [-0.2, 0) is 20.9 Å². The summed E-state index contributed by atoms with van der Waals surface area (Å²) in [7, 11) is 0. The molecule has 0 amide bonds. The number of benzene rings is 1. The predicted molar refractivity (Wildman–Crippen MR) is 75.0 cm³/mol. The van der Waals surface area contributed by atoms with Gasteiger partial charge in [0.1, 0.15) is 12.2 Å². The zero-order valence-electron chi connectivity index (χ0n) is 11.8. The molecule has 0 bridgehead atoms. The van der Waals surface area contributed by atoms with Crippen LogP contribution in [0.4, 0.5) is 0 Å². The minimum Gasteiger partial charge on any atom is -0.459 e. The molecular weight excluding hydrogens is 256 g/mol. The van der Waals surface area contributed by atoms with Gasteiger partial charge in [-0.15, -0.1) is 0 Å². The van der Waals surface area contributed by atoms with Crippen LogP contribution in [0.15, 0.2) is 30.3 Å². The molecule has 0 saturated carbocycles. The second-order valence-corrected chi connectivity index (χ2v) is 5.26. The van der Waals surface area contributed by atoms with E-state index >= 15 is 0 Å². The summed E-state index contributed by atoms with van der Waals surface area (Å²) in [5, 5.41) is 10.0. The van der Waals surface area contributed by atoms with E-state index in [0.717, 1.165) is 18.4 Å². The number of hydrogen-bond acceptors (Lipinski definition) is 4. The van der Waals surface area contributed by atoms with E-state index in [1.165, 1.54) is 0 Å². The Kier molecular flexibility index (Phi) is 5.56. The molecule has 1 N–H and O–H groups in total. The number of aliphatic hydroxyl groups excluding tert-OH is 1. The fraction of sp³-hybridized carbons (Fsp3) is 0.562. The molecule has 0 aromatic heterocycles. The molecule has 0 spiro atoms. The van der Waals surface area contributed by atoms with Gasteiger partial charge in [-0.2, -0.15) is 0 Å². The number of hydrogen-bond donors (Lipinski definition) is 1. The number of ether oxygens (including phenoxy) is 2. The summed E-state index contributed by atoms with van der Waals surface area (Å²) >= 11 is 0. The Balaban J connectivity index is 1.73. The number of esters is 1. The van der Waals surface area contributed by atoms with Gasteiger partial charge in [-0.1, -0.05) is 43.7 Å². The van der Waals surface area contributed by atoms with Crippen LogP contribution in [0.25, 0.3) is 0 Å². The maximum Gasteiger partial charge on any atom is 0.309 e. The Morgan fingerprint density at radius 1 is 1.40 bits per heavy atom. The molecule has 1 fully saturated rings. The van der Waals surface area contributed by atoms with Crippen LogP contribution in [0.5, 0.6) is 0 Å². The highest BCUT2D eigenvalue weighted by molar-refractivity contribution is 5.74. The average molecular weight is 278 g/mol. The van der Waals surface area contributed by atoms with Gasteiger partial charge in [0.15, 0.2) is 0 Å². The van der Waals surface area contributed by atoms with Crippen molar-refractivity contribution in [3.8, 4) is 0 Å². The summed E-state index contributed by atoms with van der Waals surface area (Å²) in [6.07, 6.45) is 1.21. The lowest BCUT2D eigenvalue weighted by molar-refractivity contribution is -0.149. The van der Waals surface area contributed by atoms with Crippen molar-refractivity contribution in [3.05, 3.63) is 35.9 Å². The third-order valence-corrected chi connectivity index (χ3v) is 3.58. The fourth-order valence-corrected chi connectivity index (χ4v) is 2.47. The predicted octanol–water partition coefficient (Wildman–Crippen LogP) is 2.30. The Morgan fingerprint density at radius 3 is 2.85 bits per heavy atom. The molecule has 1 aromatic rings. The Hall–Kier alpha value is -1.39. The highest BCUT2D eigenvalue weighted by Gasteiger charge is 2.37. The third kappa shape index (κ3) is 4.05. The highest BCUT2D eigenvalue weighted by atomic mass is 16.6. The molecule has 1 aliphatic heterocycles. The van der Waals surface area contributed by atoms with E-state index in [-0.39, 0.29) is 18.5 Å². The van der Waals surface area contributed by atoms with E-state index in [2.05, 4.69) is 0 Å². The quantitative estimate of drug-likeness (QED) is 0.778. The third-order valence-electron chi connectivity index (χ3n) is 3.58. The normalized spacial score (nSPS) is 23.6. The Labute approximate surface area is 119 Å². The number of carbonyl (C=O) groups is 1. The van der Waals surface area contributed by atoms with E-state index in [9.17, 15) is 9.90 Å². The summed E-state index contributed by atoms with van der Waals surface area (Å²) in [4.78, 5) is 11.6. The second-order valence-electron chi connectivity index (χ2n) is 5.26. The highest BCUT2D eigenvalue weighted by Crippen LogP contribution is 2.27. The minimum absolute atomic E-state index is 0.0613. The van der Waals surface area contributed by atoms with Crippen LogP contribution < -0.4 is 0 Å². The molecule has 0 aliphatic carbocycles. The molecule has 1 saturated heterocycles. The van der Waals surface area contributed by atoms with Gasteiger partial charge >= 0.3 is 5.97 Å². The SMILES string of the molecule is CCC[C@@H]1C[C@H]([C@H](O)COCc2ccccc2)OC1=O. The van der Waals surface area contributed by atoms with Crippen LogP contribution in [0.1, 0.15) is 31.7 Å². The van der Waals surface area contributed by atoms with Gasteiger partial charge in [0.2, 0.25) is 0 Å². The van der Waals surface area contributed by atoms with Crippen molar-refractivity contribution in [1.82, 2.24) is 0 Å². The minimum atomic E-state index is -0.746. The maximum atomic E-state index is 11.6. The lowest BCUT2D eigenvalue weighted by Crippen LogP contribution is -2.30. The van der Waals surface area contributed by atoms with Gasteiger partial charge in [-0.3, -0.25) is 4.79 Å². The maximum absolute atomic E-state index is 11.6. The van der Waals surface area contributed by atoms with Gasteiger partial charge in [0.25, 0.3) is 0 Å². The lowest BCUT2D eigenvalue weighted by Gasteiger charge is -2.17. The van der Waals surface area contributed by atoms with Crippen molar-refractivity contribution < 1.29 is 19.4 Å². The van der Waals surface area contributed by atoms with Gasteiger partial charge < -0.3 is 14.6 Å². The summed E-state index contributed by atoms with van der Waals surface area (Å²) in [6.45, 7) is 2.68. The first-order valence-corrected chi connectivity index (χ1v) is 7.21. The Morgan fingerprint density at radius 2 is 2.15 bits per heavy atom. The van der Waals surface area contributed by atoms with Gasteiger partial charge in [-0.05, 0) is 12.0 Å². The monoisotopic (exact) mass is 278 g/mol. The summed E-state index contributed by atoms with van der Waals surface area (Å²) in [5.74, 6) is -0.243. The van der Waals surface area contributed by atoms with Crippen molar-refractivity contribution in [3.63, 3.8) is 0 Å². The standard InChI is InChI=1S/C16H22O4/c1-2-6-13-9-15(20-16(13)18)14(17)11-19-10-12-7-4-3-5-8-12/h3-5,7-8,13-15,17H,2,6,9-11H2,1H3/t13-,14-,15-/m1/s1. The number of rotatable bonds is 7. The first-order chi connectivity index (χ1) is 9.70. The Bertz CT molecular complexity index is 418. The van der Waals surface area contributed by atoms with Gasteiger partial charge in [-0.25, -0.2) is 0 Å². The van der Waals surface area contributed by atoms with E-state index in [1.807, 2.05) is 37.3 Å². The second kappa shape index (κ2) is 7.41. The molecule has 0 radical (unpaired) electrons. The van der Waals surface area contributed by atoms with Crippen molar-refractivity contribution in [2.24, 2.45) is 5.92 Å². The van der Waals surface area contributed by atoms with Crippen LogP contribution in [-0.4, -0.2) is 29.9 Å². The van der Waals surface area contributed by atoms with Crippen LogP contribution in [0, 0.1) is 5.92 Å². The number of carbonyl (C=O) groups excluding carboxylic acids is 1. The van der Waals surface area contributed by atoms with Crippen LogP contribution in [0.3, 0.4) is 0 Å². The van der Waals surface area contributed by atoms with E-state index in [1.54, 1.807) is 0 Å². The zero-order valence-corrected chi connectivity index (χ0v) is 11.8. The van der Waals surface area contributed by atoms with Gasteiger partial charge in [0, 0.05) is 6.42 Å². The van der Waals surface area contributed by atoms with Gasteiger partial charge in [0.05, 0.1) is 19.1 Å². The molecule has 110 valence electrons. The molecule has 20 heavy (non-hydrogen) atoms. The smallest absolute Gasteiger partial charge is 0.309 e. The fourth-order valence-electron chi connectivity index (χ4n) is 2.47. The first-order valence-electron chi connectivity index (χ1n) is 7.21. The molecule has 2 rings (SSSR count). The van der Waals surface area contributed by atoms with Crippen LogP contribution in [0.2, 0.25) is 0 Å². The molecule has 1 aromatic carbocycles. The molecule has 0 unspecified atom stereocenters. The summed E-state index contributed by atoms with van der Waals surface area (Å²) in [6, 6.07) is 9.79. The molecule has 4 heteroatoms. The average Bonchev–Trinajstić information content (AvgIpc) is 2.82. The number of cyclic esters (lactones) is 1. The van der Waals surface area contributed by atoms with E-state index in [0.29, 0.717) is 13.0 Å². The van der Waals surface area contributed by atoms with Crippen molar-refractivity contribution >= 4 is 5.97 Å². The molecular formula is C16H22O4. The lowest BCUT2D eigenvalue weighted by atomic mass is 9.98.